The molecular formula is C32H56CdN8O. The molecule has 10 heteroatoms. The number of hydrogen-bond donors (Lipinski definition) is 9. The van der Waals surface area contributed by atoms with E-state index in [1.165, 1.54) is 83.5 Å². The third kappa shape index (κ3) is 5.10. The van der Waals surface area contributed by atoms with Gasteiger partial charge in [-0.3, -0.25) is 42.5 Å². The summed E-state index contributed by atoms with van der Waals surface area (Å²) in [6.45, 7) is 0. The zero-order chi connectivity index (χ0) is 27.1. The Kier molecular flexibility index (Phi) is 8.77. The van der Waals surface area contributed by atoms with Gasteiger partial charge in [0.2, 0.25) is 0 Å². The molecule has 9 aliphatic rings. The van der Waals surface area contributed by atoms with Crippen LogP contribution in [0.25, 0.3) is 0 Å². The summed E-state index contributed by atoms with van der Waals surface area (Å²) in [4.78, 5) is 0. The average molecular weight is 681 g/mol. The molecule has 0 aromatic heterocycles. The van der Waals surface area contributed by atoms with Crippen LogP contribution in [0.1, 0.15) is 96.3 Å². The molecule has 0 aromatic rings. The van der Waals surface area contributed by atoms with Gasteiger partial charge in [-0.05, 0) is 92.8 Å². The molecule has 9 N–H and O–H groups in total. The number of aliphatic hydroxyl groups excluding tert-OH is 1. The van der Waals surface area contributed by atoms with E-state index in [1.54, 1.807) is 0 Å². The minimum atomic E-state index is -0.221. The van der Waals surface area contributed by atoms with Crippen molar-refractivity contribution in [3.63, 3.8) is 0 Å². The van der Waals surface area contributed by atoms with Gasteiger partial charge in [0.15, 0.2) is 0 Å². The van der Waals surface area contributed by atoms with Crippen molar-refractivity contribution in [2.45, 2.75) is 152 Å². The van der Waals surface area contributed by atoms with Gasteiger partial charge in [0.05, 0.1) is 55.4 Å². The molecule has 17 unspecified atom stereocenters. The molecule has 0 amide bonds. The second-order valence-electron chi connectivity index (χ2n) is 15.7. The van der Waals surface area contributed by atoms with Gasteiger partial charge in [0, 0.05) is 33.2 Å². The van der Waals surface area contributed by atoms with Crippen LogP contribution in [0, 0.1) is 47.3 Å². The van der Waals surface area contributed by atoms with E-state index in [2.05, 4.69) is 42.5 Å². The van der Waals surface area contributed by atoms with Crippen LogP contribution >= 0.6 is 0 Å². The molecule has 9 nitrogen and oxygen atoms in total. The molecule has 5 aliphatic heterocycles. The maximum absolute atomic E-state index is 11.4. The molecule has 17 atom stereocenters. The van der Waals surface area contributed by atoms with Crippen LogP contribution in [0.4, 0.5) is 0 Å². The average Bonchev–Trinajstić information content (AvgIpc) is 3.73. The summed E-state index contributed by atoms with van der Waals surface area (Å²) in [7, 11) is 0. The molecule has 0 radical (unpaired) electrons. The van der Waals surface area contributed by atoms with Gasteiger partial charge in [0.1, 0.15) is 0 Å². The fraction of sp³-hybridized carbons (Fsp3) is 1.00. The van der Waals surface area contributed by atoms with Crippen molar-refractivity contribution < 1.29 is 32.4 Å². The van der Waals surface area contributed by atoms with Crippen molar-refractivity contribution in [2.75, 3.05) is 0 Å². The number of fused-ring (bicyclic) bond motifs is 20. The molecule has 232 valence electrons. The third-order valence-electron chi connectivity index (χ3n) is 13.9. The quantitative estimate of drug-likeness (QED) is 0.176. The Bertz CT molecular complexity index is 959. The van der Waals surface area contributed by atoms with Crippen LogP contribution in [0.3, 0.4) is 0 Å². The molecule has 9 fully saturated rings. The standard InChI is InChI=1S/C32H56N8O.Cd/c41-23-15-7-14-22-24(23)32-39-30-21-13-6-5-12-20(21)28(37-30)35-26-17-9-2-1-8-16(17)25(33-26)34-27-18-10-3-4-11-19(18)29(36-27)38-31(22)40-32;/h16-41H,1-15H2;. The van der Waals surface area contributed by atoms with Gasteiger partial charge in [0.25, 0.3) is 0 Å². The fourth-order valence-electron chi connectivity index (χ4n) is 12.0. The van der Waals surface area contributed by atoms with E-state index in [0.717, 1.165) is 12.8 Å². The van der Waals surface area contributed by atoms with Crippen molar-refractivity contribution >= 4 is 0 Å². The molecular weight excluding hydrogens is 625 g/mol. The van der Waals surface area contributed by atoms with Crippen LogP contribution in [-0.2, 0) is 27.3 Å². The summed E-state index contributed by atoms with van der Waals surface area (Å²) in [5.74, 6) is 4.87. The third-order valence-corrected chi connectivity index (χ3v) is 13.9. The summed E-state index contributed by atoms with van der Waals surface area (Å²) in [5.41, 5.74) is 0. The molecule has 4 saturated carbocycles. The number of hydrogen-bond acceptors (Lipinski definition) is 9. The molecule has 9 rings (SSSR count). The number of rotatable bonds is 0. The molecule has 4 aliphatic carbocycles. The molecule has 0 aromatic carbocycles. The summed E-state index contributed by atoms with van der Waals surface area (Å²) < 4.78 is 0. The van der Waals surface area contributed by atoms with Gasteiger partial charge >= 0.3 is 0 Å². The number of aliphatic hydroxyl groups is 1. The SMILES string of the molecule is OC1CCCC2C3NC4NC(NC5NC(NC6NC(NC(N3)C12)C1CCCCC61)C1CCCCC51)C1CCCCC41.[Cd]. The second-order valence-corrected chi connectivity index (χ2v) is 15.7. The van der Waals surface area contributed by atoms with E-state index < -0.39 is 0 Å². The Labute approximate surface area is 272 Å². The molecule has 42 heavy (non-hydrogen) atoms. The van der Waals surface area contributed by atoms with Crippen LogP contribution in [0.2, 0.25) is 0 Å². The Morgan fingerprint density at radius 3 is 0.905 bits per heavy atom. The summed E-state index contributed by atoms with van der Waals surface area (Å²) >= 11 is 0. The van der Waals surface area contributed by atoms with E-state index in [4.69, 9.17) is 0 Å². The van der Waals surface area contributed by atoms with Crippen LogP contribution in [0.15, 0.2) is 0 Å². The molecule has 5 saturated heterocycles. The zero-order valence-corrected chi connectivity index (χ0v) is 29.6. The second kappa shape index (κ2) is 12.3. The normalized spacial score (nSPS) is 56.9. The predicted octanol–water partition coefficient (Wildman–Crippen LogP) is 1.57. The summed E-state index contributed by atoms with van der Waals surface area (Å²) in [5, 5.41) is 44.6. The fourth-order valence-corrected chi connectivity index (χ4v) is 12.0. The molecule has 5 heterocycles. The van der Waals surface area contributed by atoms with Crippen molar-refractivity contribution in [3.05, 3.63) is 0 Å². The zero-order valence-electron chi connectivity index (χ0n) is 25.6. The molecule has 0 spiro atoms. The Morgan fingerprint density at radius 1 is 0.310 bits per heavy atom. The van der Waals surface area contributed by atoms with E-state index in [1.807, 2.05) is 0 Å². The topological polar surface area (TPSA) is 116 Å². The predicted molar refractivity (Wildman–Crippen MR) is 159 cm³/mol. The van der Waals surface area contributed by atoms with E-state index in [-0.39, 0.29) is 51.7 Å². The van der Waals surface area contributed by atoms with Gasteiger partial charge in [-0.15, -0.1) is 0 Å². The van der Waals surface area contributed by atoms with Gasteiger partial charge in [-0.1, -0.05) is 44.9 Å². The van der Waals surface area contributed by atoms with Crippen LogP contribution < -0.4 is 42.5 Å². The largest absolute Gasteiger partial charge is 0.393 e. The first kappa shape index (κ1) is 29.9. The van der Waals surface area contributed by atoms with Crippen molar-refractivity contribution in [1.29, 1.82) is 0 Å². The minimum absolute atomic E-state index is 0. The smallest absolute Gasteiger partial charge is 0.0653 e. The Balaban J connectivity index is 0.00000267. The first-order chi connectivity index (χ1) is 20.2. The summed E-state index contributed by atoms with van der Waals surface area (Å²) in [6, 6.07) is 0. The maximum atomic E-state index is 11.4. The van der Waals surface area contributed by atoms with E-state index in [0.29, 0.717) is 78.4 Å². The van der Waals surface area contributed by atoms with E-state index >= 15 is 0 Å². The van der Waals surface area contributed by atoms with Crippen molar-refractivity contribution in [3.8, 4) is 0 Å². The van der Waals surface area contributed by atoms with Gasteiger partial charge in [-0.2, -0.15) is 0 Å². The van der Waals surface area contributed by atoms with Gasteiger partial charge < -0.3 is 5.11 Å². The Morgan fingerprint density at radius 2 is 0.571 bits per heavy atom. The minimum Gasteiger partial charge on any atom is -0.393 e. The maximum Gasteiger partial charge on any atom is 0.0653 e. The first-order valence-corrected chi connectivity index (χ1v) is 18.0. The van der Waals surface area contributed by atoms with Crippen LogP contribution in [-0.4, -0.2) is 60.5 Å². The Hall–Kier alpha value is 0.562. The first-order valence-electron chi connectivity index (χ1n) is 18.0. The van der Waals surface area contributed by atoms with Gasteiger partial charge in [-0.25, -0.2) is 0 Å². The van der Waals surface area contributed by atoms with Crippen LogP contribution in [0.5, 0.6) is 0 Å². The monoisotopic (exact) mass is 682 g/mol. The number of nitrogens with one attached hydrogen (secondary N) is 8. The van der Waals surface area contributed by atoms with E-state index in [9.17, 15) is 5.11 Å². The van der Waals surface area contributed by atoms with Crippen molar-refractivity contribution in [2.24, 2.45) is 47.3 Å². The summed E-state index contributed by atoms with van der Waals surface area (Å²) in [6.07, 6.45) is 21.7. The van der Waals surface area contributed by atoms with Crippen molar-refractivity contribution in [1.82, 2.24) is 42.5 Å². The molecule has 8 bridgehead atoms.